The van der Waals surface area contributed by atoms with E-state index in [9.17, 15) is 0 Å². The van der Waals surface area contributed by atoms with Crippen LogP contribution in [0.3, 0.4) is 0 Å². The summed E-state index contributed by atoms with van der Waals surface area (Å²) in [5.41, 5.74) is 7.93. The Balaban J connectivity index is 1.50. The van der Waals surface area contributed by atoms with Gasteiger partial charge >= 0.3 is 0 Å². The van der Waals surface area contributed by atoms with E-state index in [4.69, 9.17) is 49.8 Å². The third-order valence-corrected chi connectivity index (χ3v) is 10.1. The van der Waals surface area contributed by atoms with Crippen molar-refractivity contribution in [2.24, 2.45) is 0 Å². The number of hydrogen-bond donors (Lipinski definition) is 0. The average molecular weight is 635 g/mol. The highest BCUT2D eigenvalue weighted by Gasteiger charge is 2.27. The van der Waals surface area contributed by atoms with E-state index in [-0.39, 0.29) is 0 Å². The second kappa shape index (κ2) is 9.12. The summed E-state index contributed by atoms with van der Waals surface area (Å²) in [7, 11) is 0. The van der Waals surface area contributed by atoms with Crippen molar-refractivity contribution in [3.05, 3.63) is 124 Å². The van der Waals surface area contributed by atoms with Crippen LogP contribution < -0.4 is 0 Å². The molecular weight excluding hydrogens is 617 g/mol. The molecule has 0 N–H and O–H groups in total. The van der Waals surface area contributed by atoms with E-state index in [2.05, 4.69) is 36.4 Å². The first-order valence-corrected chi connectivity index (χ1v) is 15.8. The fourth-order valence-electron chi connectivity index (χ4n) is 7.30. The molecule has 45 heavy (non-hydrogen) atoms. The van der Waals surface area contributed by atoms with Crippen LogP contribution in [0.5, 0.6) is 0 Å². The Hall–Kier alpha value is -4.80. The van der Waals surface area contributed by atoms with Crippen LogP contribution in [0.25, 0.3) is 98.8 Å². The Morgan fingerprint density at radius 2 is 0.600 bits per heavy atom. The van der Waals surface area contributed by atoms with Crippen LogP contribution in [0.4, 0.5) is 0 Å². The lowest BCUT2D eigenvalue weighted by Gasteiger charge is -2.23. The monoisotopic (exact) mass is 633 g/mol. The van der Waals surface area contributed by atoms with Crippen molar-refractivity contribution in [2.45, 2.75) is 0 Å². The smallest absolute Gasteiger partial charge is 0.0803 e. The highest BCUT2D eigenvalue weighted by molar-refractivity contribution is 6.46. The fraction of sp³-hybridized carbons (Fsp3) is 0. The lowest BCUT2D eigenvalue weighted by Crippen LogP contribution is -2.01. The largest absolute Gasteiger partial charge is 0.247 e. The molecule has 0 bridgehead atoms. The van der Waals surface area contributed by atoms with Crippen molar-refractivity contribution in [2.75, 3.05) is 0 Å². The number of halogens is 3. The Morgan fingerprint density at radius 3 is 0.889 bits per heavy atom. The number of benzene rings is 7. The first-order valence-electron chi connectivity index (χ1n) is 14.6. The standard InChI is InChI=1S/C39H18Cl3N3/c40-25-10-4-1-7-19(25)37-22-13-16-29-35-31(22)34-28(43-37)17-14-23-32(34)36-30(45-38(23)20-8-2-5-11-26(20)41)18-15-24(33(35)36)39(44-29)21-9-3-6-12-27(21)42/h1-18H. The number of aromatic nitrogens is 3. The average Bonchev–Trinajstić information content (AvgIpc) is 3.07. The van der Waals surface area contributed by atoms with Gasteiger partial charge < -0.3 is 0 Å². The van der Waals surface area contributed by atoms with Gasteiger partial charge in [-0.2, -0.15) is 0 Å². The van der Waals surface area contributed by atoms with E-state index < -0.39 is 0 Å². The van der Waals surface area contributed by atoms with Gasteiger partial charge in [-0.05, 0) is 54.6 Å². The van der Waals surface area contributed by atoms with Gasteiger partial charge in [0, 0.05) is 80.2 Å². The summed E-state index contributed by atoms with van der Waals surface area (Å²) in [6.07, 6.45) is 0. The number of pyridine rings is 3. The number of hydrogen-bond acceptors (Lipinski definition) is 3. The maximum Gasteiger partial charge on any atom is 0.0803 e. The van der Waals surface area contributed by atoms with Crippen LogP contribution in [0.15, 0.2) is 109 Å². The van der Waals surface area contributed by atoms with Crippen molar-refractivity contribution < 1.29 is 0 Å². The molecule has 0 saturated carbocycles. The van der Waals surface area contributed by atoms with Gasteiger partial charge in [0.1, 0.15) is 0 Å². The minimum Gasteiger partial charge on any atom is -0.247 e. The normalized spacial score (nSPS) is 12.3. The zero-order valence-electron chi connectivity index (χ0n) is 23.4. The van der Waals surface area contributed by atoms with Crippen molar-refractivity contribution in [3.63, 3.8) is 0 Å². The zero-order chi connectivity index (χ0) is 30.0. The fourth-order valence-corrected chi connectivity index (χ4v) is 7.98. The molecule has 10 aromatic rings. The summed E-state index contributed by atoms with van der Waals surface area (Å²) >= 11 is 20.4. The molecule has 0 atom stereocenters. The van der Waals surface area contributed by atoms with Gasteiger partial charge in [-0.3, -0.25) is 0 Å². The molecule has 210 valence electrons. The second-order valence-corrected chi connectivity index (χ2v) is 12.7. The lowest BCUT2D eigenvalue weighted by atomic mass is 9.84. The SMILES string of the molecule is Clc1ccccc1-c1nc2ccc3c(-c4ccccc4Cl)nc4ccc5c(-c6ccccc6Cl)nc6ccc1c1c6c5c4c3c21. The van der Waals surface area contributed by atoms with Crippen molar-refractivity contribution in [3.8, 4) is 33.8 Å². The van der Waals surface area contributed by atoms with E-state index in [0.29, 0.717) is 15.1 Å². The Kier molecular flexibility index (Phi) is 5.17. The van der Waals surface area contributed by atoms with Gasteiger partial charge in [-0.25, -0.2) is 15.0 Å². The quantitative estimate of drug-likeness (QED) is 0.143. The molecule has 7 aromatic carbocycles. The minimum atomic E-state index is 0.661. The van der Waals surface area contributed by atoms with Gasteiger partial charge in [0.2, 0.25) is 0 Å². The first-order chi connectivity index (χ1) is 22.1. The van der Waals surface area contributed by atoms with E-state index in [0.717, 1.165) is 98.8 Å². The summed E-state index contributed by atoms with van der Waals surface area (Å²) in [4.78, 5) is 15.9. The van der Waals surface area contributed by atoms with Crippen molar-refractivity contribution in [1.82, 2.24) is 15.0 Å². The van der Waals surface area contributed by atoms with E-state index in [1.54, 1.807) is 0 Å². The number of rotatable bonds is 3. The lowest BCUT2D eigenvalue weighted by molar-refractivity contribution is 1.41. The molecule has 0 fully saturated rings. The third kappa shape index (κ3) is 3.35. The highest BCUT2D eigenvalue weighted by atomic mass is 35.5. The molecule has 0 spiro atoms. The van der Waals surface area contributed by atoms with E-state index >= 15 is 0 Å². The molecule has 3 aromatic heterocycles. The van der Waals surface area contributed by atoms with Crippen LogP contribution in [-0.2, 0) is 0 Å². The van der Waals surface area contributed by atoms with Crippen molar-refractivity contribution >= 4 is 99.8 Å². The predicted octanol–water partition coefficient (Wildman–Crippen LogP) is 12.1. The van der Waals surface area contributed by atoms with Crippen LogP contribution in [-0.4, -0.2) is 15.0 Å². The van der Waals surface area contributed by atoms with Gasteiger partial charge in [-0.1, -0.05) is 89.4 Å². The topological polar surface area (TPSA) is 38.7 Å². The van der Waals surface area contributed by atoms with Crippen molar-refractivity contribution in [1.29, 1.82) is 0 Å². The molecule has 10 rings (SSSR count). The molecule has 0 aliphatic heterocycles. The minimum absolute atomic E-state index is 0.661. The molecule has 3 heterocycles. The zero-order valence-corrected chi connectivity index (χ0v) is 25.6. The third-order valence-electron chi connectivity index (χ3n) is 9.15. The summed E-state index contributed by atoms with van der Waals surface area (Å²) in [5.74, 6) is 0. The summed E-state index contributed by atoms with van der Waals surface area (Å²) < 4.78 is 0. The summed E-state index contributed by atoms with van der Waals surface area (Å²) in [5, 5.41) is 11.7. The van der Waals surface area contributed by atoms with E-state index in [1.165, 1.54) is 0 Å². The summed E-state index contributed by atoms with van der Waals surface area (Å²) in [6, 6.07) is 36.4. The number of nitrogens with zero attached hydrogens (tertiary/aromatic N) is 3. The molecule has 0 saturated heterocycles. The molecule has 0 radical (unpaired) electrons. The molecule has 3 nitrogen and oxygen atoms in total. The molecule has 0 aliphatic carbocycles. The molecule has 0 amide bonds. The Bertz CT molecular complexity index is 2470. The molecule has 0 unspecified atom stereocenters. The first kappa shape index (κ1) is 25.5. The van der Waals surface area contributed by atoms with Crippen LogP contribution >= 0.6 is 34.8 Å². The second-order valence-electron chi connectivity index (χ2n) is 11.5. The maximum absolute atomic E-state index is 6.80. The Labute approximate surface area is 271 Å². The Morgan fingerprint density at radius 1 is 0.311 bits per heavy atom. The van der Waals surface area contributed by atoms with Gasteiger partial charge in [0.15, 0.2) is 0 Å². The van der Waals surface area contributed by atoms with Crippen LogP contribution in [0.1, 0.15) is 0 Å². The predicted molar refractivity (Wildman–Crippen MR) is 190 cm³/mol. The van der Waals surface area contributed by atoms with Gasteiger partial charge in [0.05, 0.1) is 33.6 Å². The van der Waals surface area contributed by atoms with E-state index in [1.807, 2.05) is 72.8 Å². The molecular formula is C39H18Cl3N3. The highest BCUT2D eigenvalue weighted by Crippen LogP contribution is 2.52. The van der Waals surface area contributed by atoms with Gasteiger partial charge in [-0.15, -0.1) is 0 Å². The molecule has 6 heteroatoms. The summed E-state index contributed by atoms with van der Waals surface area (Å²) in [6.45, 7) is 0. The van der Waals surface area contributed by atoms with Gasteiger partial charge in [0.25, 0.3) is 0 Å². The maximum atomic E-state index is 6.80. The van der Waals surface area contributed by atoms with Crippen LogP contribution in [0.2, 0.25) is 15.1 Å². The van der Waals surface area contributed by atoms with Crippen LogP contribution in [0, 0.1) is 0 Å². The molecule has 0 aliphatic rings.